The fourth-order valence-electron chi connectivity index (χ4n) is 2.93. The van der Waals surface area contributed by atoms with Gasteiger partial charge in [0.05, 0.1) is 28.3 Å². The van der Waals surface area contributed by atoms with Gasteiger partial charge in [-0.1, -0.05) is 47.5 Å². The van der Waals surface area contributed by atoms with Gasteiger partial charge < -0.3 is 15.8 Å². The summed E-state index contributed by atoms with van der Waals surface area (Å²) >= 11 is 11.9. The van der Waals surface area contributed by atoms with Gasteiger partial charge in [-0.2, -0.15) is 0 Å². The zero-order valence-electron chi connectivity index (χ0n) is 16.2. The summed E-state index contributed by atoms with van der Waals surface area (Å²) in [7, 11) is 1.36. The third-order valence-electron chi connectivity index (χ3n) is 4.63. The van der Waals surface area contributed by atoms with E-state index >= 15 is 0 Å². The van der Waals surface area contributed by atoms with Crippen LogP contribution in [0.2, 0.25) is 10.0 Å². The lowest BCUT2D eigenvalue weighted by Gasteiger charge is -2.10. The summed E-state index contributed by atoms with van der Waals surface area (Å²) in [5.41, 5.74) is 9.82. The Morgan fingerprint density at radius 3 is 2.00 bits per heavy atom. The molecule has 0 saturated heterocycles. The van der Waals surface area contributed by atoms with Crippen LogP contribution in [-0.4, -0.2) is 19.0 Å². The second-order valence-electron chi connectivity index (χ2n) is 6.69. The molecule has 0 atom stereocenters. The van der Waals surface area contributed by atoms with Gasteiger partial charge in [-0.15, -0.1) is 0 Å². The van der Waals surface area contributed by atoms with Gasteiger partial charge in [0, 0.05) is 11.4 Å². The van der Waals surface area contributed by atoms with Crippen LogP contribution in [0.25, 0.3) is 0 Å². The molecule has 0 saturated carbocycles. The van der Waals surface area contributed by atoms with Crippen molar-refractivity contribution in [3.63, 3.8) is 0 Å². The number of methoxy groups -OCH3 is 1. The molecule has 3 N–H and O–H groups in total. The Bertz CT molecular complexity index is 1070. The van der Waals surface area contributed by atoms with Crippen LogP contribution in [0.1, 0.15) is 31.8 Å². The first-order chi connectivity index (χ1) is 14.4. The third-order valence-corrected chi connectivity index (χ3v) is 5.35. The molecule has 7 heteroatoms. The van der Waals surface area contributed by atoms with Gasteiger partial charge in [0.2, 0.25) is 0 Å². The first-order valence-corrected chi connectivity index (χ1v) is 9.95. The lowest BCUT2D eigenvalue weighted by atomic mass is 10.0. The lowest BCUT2D eigenvalue weighted by Crippen LogP contribution is -2.14. The Balaban J connectivity index is 1.59. The van der Waals surface area contributed by atoms with Crippen LogP contribution in [0.5, 0.6) is 0 Å². The number of carbonyl (C=O) groups excluding carboxylic acids is 2. The second-order valence-corrected chi connectivity index (χ2v) is 7.51. The maximum Gasteiger partial charge on any atom is 0.337 e. The molecule has 0 bridgehead atoms. The predicted octanol–water partition coefficient (Wildman–Crippen LogP) is 5.40. The monoisotopic (exact) mass is 442 g/mol. The molecule has 3 rings (SSSR count). The molecule has 30 heavy (non-hydrogen) atoms. The molecule has 3 aromatic carbocycles. The van der Waals surface area contributed by atoms with E-state index in [0.29, 0.717) is 16.3 Å². The topological polar surface area (TPSA) is 81.4 Å². The van der Waals surface area contributed by atoms with Gasteiger partial charge in [-0.25, -0.2) is 4.79 Å². The largest absolute Gasteiger partial charge is 0.465 e. The number of anilines is 2. The molecular formula is C23H20Cl2N2O3. The predicted molar refractivity (Wildman–Crippen MR) is 120 cm³/mol. The van der Waals surface area contributed by atoms with E-state index in [1.54, 1.807) is 12.1 Å². The standard InChI is InChI=1S/C23H20Cl2N2O3/c1-30-23(29)16-8-4-14(5-9-16)2-3-15-6-10-17(11-7-15)27-22(28)18-12-19(24)20(25)13-21(18)26/h4-13H,2-3,26H2,1H3,(H,27,28). The highest BCUT2D eigenvalue weighted by Gasteiger charge is 2.13. The van der Waals surface area contributed by atoms with Crippen LogP contribution in [-0.2, 0) is 17.6 Å². The minimum absolute atomic E-state index is 0.261. The number of carbonyl (C=O) groups is 2. The van der Waals surface area contributed by atoms with E-state index in [4.69, 9.17) is 33.7 Å². The number of hydrogen-bond acceptors (Lipinski definition) is 4. The molecule has 0 radical (unpaired) electrons. The summed E-state index contributed by atoms with van der Waals surface area (Å²) in [4.78, 5) is 23.9. The quantitative estimate of drug-likeness (QED) is 0.395. The molecule has 1 amide bonds. The minimum Gasteiger partial charge on any atom is -0.465 e. The summed E-state index contributed by atoms with van der Waals surface area (Å²) in [6.07, 6.45) is 1.65. The van der Waals surface area contributed by atoms with E-state index in [9.17, 15) is 9.59 Å². The molecule has 0 spiro atoms. The van der Waals surface area contributed by atoms with Crippen LogP contribution in [0.4, 0.5) is 11.4 Å². The van der Waals surface area contributed by atoms with Crippen molar-refractivity contribution in [3.8, 4) is 0 Å². The molecule has 0 aliphatic heterocycles. The van der Waals surface area contributed by atoms with Gasteiger partial charge in [-0.05, 0) is 60.4 Å². The number of nitrogen functional groups attached to an aromatic ring is 1. The molecule has 0 aliphatic carbocycles. The summed E-state index contributed by atoms with van der Waals surface area (Å²) in [5.74, 6) is -0.702. The molecule has 0 aliphatic rings. The number of esters is 1. The van der Waals surface area contributed by atoms with Gasteiger partial charge in [0.25, 0.3) is 5.91 Å². The number of benzene rings is 3. The minimum atomic E-state index is -0.357. The number of hydrogen-bond donors (Lipinski definition) is 2. The van der Waals surface area contributed by atoms with Crippen molar-refractivity contribution in [1.29, 1.82) is 0 Å². The maximum absolute atomic E-state index is 12.5. The number of nitrogens with one attached hydrogen (secondary N) is 1. The van der Waals surface area contributed by atoms with E-state index in [0.717, 1.165) is 24.0 Å². The number of nitrogens with two attached hydrogens (primary N) is 1. The van der Waals surface area contributed by atoms with Crippen molar-refractivity contribution >= 4 is 46.5 Å². The first kappa shape index (κ1) is 21.7. The van der Waals surface area contributed by atoms with Crippen molar-refractivity contribution in [1.82, 2.24) is 0 Å². The van der Waals surface area contributed by atoms with E-state index in [1.807, 2.05) is 36.4 Å². The maximum atomic E-state index is 12.5. The smallest absolute Gasteiger partial charge is 0.337 e. The van der Waals surface area contributed by atoms with Crippen LogP contribution in [0, 0.1) is 0 Å². The van der Waals surface area contributed by atoms with Gasteiger partial charge in [-0.3, -0.25) is 4.79 Å². The van der Waals surface area contributed by atoms with E-state index in [2.05, 4.69) is 5.32 Å². The second kappa shape index (κ2) is 9.65. The average Bonchev–Trinajstić information content (AvgIpc) is 2.75. The molecule has 0 aromatic heterocycles. The highest BCUT2D eigenvalue weighted by Crippen LogP contribution is 2.28. The van der Waals surface area contributed by atoms with Crippen LogP contribution < -0.4 is 11.1 Å². The van der Waals surface area contributed by atoms with Crippen molar-refractivity contribution in [3.05, 3.63) is 93.0 Å². The zero-order chi connectivity index (χ0) is 21.7. The molecule has 5 nitrogen and oxygen atoms in total. The summed E-state index contributed by atoms with van der Waals surface area (Å²) < 4.78 is 4.70. The Hall–Kier alpha value is -3.02. The SMILES string of the molecule is COC(=O)c1ccc(CCc2ccc(NC(=O)c3cc(Cl)c(Cl)cc3N)cc2)cc1. The highest BCUT2D eigenvalue weighted by atomic mass is 35.5. The fourth-order valence-corrected chi connectivity index (χ4v) is 3.26. The number of ether oxygens (including phenoxy) is 1. The third kappa shape index (κ3) is 5.32. The molecular weight excluding hydrogens is 423 g/mol. The first-order valence-electron chi connectivity index (χ1n) is 9.19. The number of halogens is 2. The van der Waals surface area contributed by atoms with Crippen molar-refractivity contribution < 1.29 is 14.3 Å². The summed E-state index contributed by atoms with van der Waals surface area (Å²) in [5, 5.41) is 3.37. The number of rotatable bonds is 6. The number of aryl methyl sites for hydroxylation is 2. The van der Waals surface area contributed by atoms with Crippen LogP contribution in [0.3, 0.4) is 0 Å². The summed E-state index contributed by atoms with van der Waals surface area (Å²) in [6.45, 7) is 0. The summed E-state index contributed by atoms with van der Waals surface area (Å²) in [6, 6.07) is 17.8. The zero-order valence-corrected chi connectivity index (χ0v) is 17.8. The normalized spacial score (nSPS) is 10.5. The van der Waals surface area contributed by atoms with E-state index in [-0.39, 0.29) is 28.1 Å². The van der Waals surface area contributed by atoms with Crippen molar-refractivity contribution in [2.75, 3.05) is 18.2 Å². The molecule has 0 fully saturated rings. The fraction of sp³-hybridized carbons (Fsp3) is 0.130. The Morgan fingerprint density at radius 1 is 0.900 bits per heavy atom. The molecule has 0 heterocycles. The number of amides is 1. The van der Waals surface area contributed by atoms with E-state index < -0.39 is 0 Å². The molecule has 3 aromatic rings. The van der Waals surface area contributed by atoms with Crippen molar-refractivity contribution in [2.45, 2.75) is 12.8 Å². The van der Waals surface area contributed by atoms with Gasteiger partial charge >= 0.3 is 5.97 Å². The van der Waals surface area contributed by atoms with Gasteiger partial charge in [0.1, 0.15) is 0 Å². The molecule has 0 unspecified atom stereocenters. The van der Waals surface area contributed by atoms with E-state index in [1.165, 1.54) is 19.2 Å². The Morgan fingerprint density at radius 2 is 1.43 bits per heavy atom. The Kier molecular flexibility index (Phi) is 6.98. The Labute approximate surface area is 184 Å². The molecule has 154 valence electrons. The highest BCUT2D eigenvalue weighted by molar-refractivity contribution is 6.42. The van der Waals surface area contributed by atoms with Crippen molar-refractivity contribution in [2.24, 2.45) is 0 Å². The van der Waals surface area contributed by atoms with Crippen LogP contribution in [0.15, 0.2) is 60.7 Å². The van der Waals surface area contributed by atoms with Gasteiger partial charge in [0.15, 0.2) is 0 Å². The average molecular weight is 443 g/mol. The lowest BCUT2D eigenvalue weighted by molar-refractivity contribution is 0.0600. The van der Waals surface area contributed by atoms with Crippen LogP contribution >= 0.6 is 23.2 Å².